The number of hydrogen-bond acceptors (Lipinski definition) is 0. The van der Waals surface area contributed by atoms with Gasteiger partial charge in [0.2, 0.25) is 0 Å². The van der Waals surface area contributed by atoms with E-state index in [2.05, 4.69) is 63.7 Å². The van der Waals surface area contributed by atoms with Crippen molar-refractivity contribution in [1.29, 1.82) is 0 Å². The highest BCUT2D eigenvalue weighted by atomic mass is 79.9. The Labute approximate surface area is 116 Å². The molecule has 0 amide bonds. The first-order valence-electron chi connectivity index (χ1n) is 4.48. The molecule has 0 atom stereocenters. The molecule has 0 radical (unpaired) electrons. The van der Waals surface area contributed by atoms with E-state index >= 15 is 0 Å². The van der Waals surface area contributed by atoms with Crippen molar-refractivity contribution >= 4 is 71.8 Å². The lowest BCUT2D eigenvalue weighted by atomic mass is 10.9. The van der Waals surface area contributed by atoms with Crippen molar-refractivity contribution in [3.63, 3.8) is 0 Å². The molecular formula is C8H16Br4Si. The maximum Gasteiger partial charge on any atom is 0.0568 e. The molecule has 0 aliphatic rings. The molecule has 5 heteroatoms. The predicted octanol–water partition coefficient (Wildman–Crippen LogP) is 5.01. The summed E-state index contributed by atoms with van der Waals surface area (Å²) in [4.78, 5) is 0. The van der Waals surface area contributed by atoms with Gasteiger partial charge in [0, 0.05) is 21.3 Å². The Morgan fingerprint density at radius 1 is 0.538 bits per heavy atom. The highest BCUT2D eigenvalue weighted by Crippen LogP contribution is 2.29. The minimum Gasteiger partial charge on any atom is -0.0931 e. The Morgan fingerprint density at radius 3 is 0.923 bits per heavy atom. The molecule has 0 aromatic carbocycles. The summed E-state index contributed by atoms with van der Waals surface area (Å²) in [5.74, 6) is 0. The standard InChI is InChI=1S/C8H16Br4Si/c9-1-5-13(6-2-10,7-3-11)8-4-12/h1-8H2. The van der Waals surface area contributed by atoms with Crippen molar-refractivity contribution in [2.24, 2.45) is 0 Å². The van der Waals surface area contributed by atoms with Crippen LogP contribution in [0.5, 0.6) is 0 Å². The average Bonchev–Trinajstić information content (AvgIpc) is 2.06. The molecule has 0 aromatic heterocycles. The lowest BCUT2D eigenvalue weighted by molar-refractivity contribution is 1.15. The van der Waals surface area contributed by atoms with Crippen molar-refractivity contribution in [2.45, 2.75) is 24.2 Å². The first-order valence-corrected chi connectivity index (χ1v) is 11.8. The van der Waals surface area contributed by atoms with Gasteiger partial charge in [-0.05, 0) is 24.2 Å². The van der Waals surface area contributed by atoms with E-state index in [1.165, 1.54) is 45.5 Å². The van der Waals surface area contributed by atoms with Crippen molar-refractivity contribution in [2.75, 3.05) is 21.3 Å². The van der Waals surface area contributed by atoms with Gasteiger partial charge in [-0.2, -0.15) is 0 Å². The Morgan fingerprint density at radius 2 is 0.769 bits per heavy atom. The van der Waals surface area contributed by atoms with Crippen LogP contribution in [0.15, 0.2) is 0 Å². The molecule has 0 spiro atoms. The zero-order chi connectivity index (χ0) is 10.2. The quantitative estimate of drug-likeness (QED) is 0.353. The van der Waals surface area contributed by atoms with E-state index in [4.69, 9.17) is 0 Å². The minimum absolute atomic E-state index is 0.983. The SMILES string of the molecule is BrCC[Si](CCBr)(CCBr)CCBr. The fraction of sp³-hybridized carbons (Fsp3) is 1.00. The molecule has 0 unspecified atom stereocenters. The van der Waals surface area contributed by atoms with E-state index in [9.17, 15) is 0 Å². The fourth-order valence-electron chi connectivity index (χ4n) is 1.55. The number of hydrogen-bond donors (Lipinski definition) is 0. The van der Waals surface area contributed by atoms with E-state index in [0.717, 1.165) is 0 Å². The first kappa shape index (κ1) is 15.1. The molecule has 0 bridgehead atoms. The van der Waals surface area contributed by atoms with Crippen LogP contribution in [0.1, 0.15) is 0 Å². The van der Waals surface area contributed by atoms with E-state index in [0.29, 0.717) is 0 Å². The second kappa shape index (κ2) is 9.37. The zero-order valence-electron chi connectivity index (χ0n) is 7.67. The topological polar surface area (TPSA) is 0 Å². The Hall–Kier alpha value is 2.14. The van der Waals surface area contributed by atoms with Gasteiger partial charge in [0.15, 0.2) is 0 Å². The third kappa shape index (κ3) is 6.33. The average molecular weight is 460 g/mol. The summed E-state index contributed by atoms with van der Waals surface area (Å²) >= 11 is 14.3. The normalized spacial score (nSPS) is 12.0. The summed E-state index contributed by atoms with van der Waals surface area (Å²) in [5.41, 5.74) is 0. The highest BCUT2D eigenvalue weighted by molar-refractivity contribution is 9.09. The van der Waals surface area contributed by atoms with Crippen LogP contribution in [0.3, 0.4) is 0 Å². The third-order valence-corrected chi connectivity index (χ3v) is 12.3. The van der Waals surface area contributed by atoms with E-state index in [1.807, 2.05) is 0 Å². The van der Waals surface area contributed by atoms with Crippen LogP contribution in [0.2, 0.25) is 24.2 Å². The summed E-state index contributed by atoms with van der Waals surface area (Å²) in [7, 11) is -0.983. The van der Waals surface area contributed by atoms with Gasteiger partial charge in [0.25, 0.3) is 0 Å². The van der Waals surface area contributed by atoms with Gasteiger partial charge in [0.1, 0.15) is 0 Å². The van der Waals surface area contributed by atoms with Crippen LogP contribution in [0.25, 0.3) is 0 Å². The Bertz CT molecular complexity index is 91.2. The molecule has 13 heavy (non-hydrogen) atoms. The van der Waals surface area contributed by atoms with Crippen molar-refractivity contribution < 1.29 is 0 Å². The molecule has 0 N–H and O–H groups in total. The number of rotatable bonds is 8. The van der Waals surface area contributed by atoms with E-state index in [1.54, 1.807) is 0 Å². The van der Waals surface area contributed by atoms with Gasteiger partial charge in [-0.1, -0.05) is 63.7 Å². The molecule has 0 nitrogen and oxygen atoms in total. The zero-order valence-corrected chi connectivity index (χ0v) is 15.0. The highest BCUT2D eigenvalue weighted by Gasteiger charge is 2.29. The van der Waals surface area contributed by atoms with E-state index < -0.39 is 8.07 Å². The Kier molecular flexibility index (Phi) is 10.9. The summed E-state index contributed by atoms with van der Waals surface area (Å²) < 4.78 is 0. The van der Waals surface area contributed by atoms with Gasteiger partial charge >= 0.3 is 0 Å². The lowest BCUT2D eigenvalue weighted by Gasteiger charge is -2.29. The van der Waals surface area contributed by atoms with Crippen LogP contribution < -0.4 is 0 Å². The monoisotopic (exact) mass is 456 g/mol. The summed E-state index contributed by atoms with van der Waals surface area (Å²) in [6, 6.07) is 5.65. The maximum absolute atomic E-state index is 3.58. The van der Waals surface area contributed by atoms with Gasteiger partial charge in [0.05, 0.1) is 8.07 Å². The molecular weight excluding hydrogens is 444 g/mol. The lowest BCUT2D eigenvalue weighted by Crippen LogP contribution is -2.35. The van der Waals surface area contributed by atoms with Gasteiger partial charge in [-0.15, -0.1) is 0 Å². The molecule has 0 aromatic rings. The van der Waals surface area contributed by atoms with Gasteiger partial charge in [-0.25, -0.2) is 0 Å². The molecule has 0 heterocycles. The molecule has 0 aliphatic heterocycles. The molecule has 0 saturated heterocycles. The summed E-state index contributed by atoms with van der Waals surface area (Å²) in [6.07, 6.45) is 0. The predicted molar refractivity (Wildman–Crippen MR) is 80.2 cm³/mol. The number of halogens is 4. The van der Waals surface area contributed by atoms with Crippen molar-refractivity contribution in [1.82, 2.24) is 0 Å². The molecule has 0 saturated carbocycles. The fourth-order valence-corrected chi connectivity index (χ4v) is 14.7. The number of alkyl halides is 4. The first-order chi connectivity index (χ1) is 6.24. The van der Waals surface area contributed by atoms with Crippen LogP contribution in [-0.2, 0) is 0 Å². The van der Waals surface area contributed by atoms with Gasteiger partial charge < -0.3 is 0 Å². The smallest absolute Gasteiger partial charge is 0.0568 e. The van der Waals surface area contributed by atoms with Crippen LogP contribution in [0.4, 0.5) is 0 Å². The third-order valence-electron chi connectivity index (χ3n) is 2.50. The Balaban J connectivity index is 4.19. The largest absolute Gasteiger partial charge is 0.0931 e. The maximum atomic E-state index is 3.58. The van der Waals surface area contributed by atoms with Crippen LogP contribution in [0, 0.1) is 0 Å². The van der Waals surface area contributed by atoms with Crippen molar-refractivity contribution in [3.8, 4) is 0 Å². The second-order valence-electron chi connectivity index (χ2n) is 3.26. The minimum atomic E-state index is -0.983. The van der Waals surface area contributed by atoms with E-state index in [-0.39, 0.29) is 0 Å². The van der Waals surface area contributed by atoms with Crippen LogP contribution in [-0.4, -0.2) is 29.4 Å². The van der Waals surface area contributed by atoms with Gasteiger partial charge in [-0.3, -0.25) is 0 Å². The summed E-state index contributed by atoms with van der Waals surface area (Å²) in [5, 5.41) is 4.69. The van der Waals surface area contributed by atoms with Crippen molar-refractivity contribution in [3.05, 3.63) is 0 Å². The van der Waals surface area contributed by atoms with Crippen LogP contribution >= 0.6 is 63.7 Å². The second-order valence-corrected chi connectivity index (χ2v) is 11.4. The molecule has 0 fully saturated rings. The molecule has 0 rings (SSSR count). The molecule has 80 valence electrons. The summed E-state index contributed by atoms with van der Waals surface area (Å²) in [6.45, 7) is 0. The molecule has 0 aliphatic carbocycles.